The molecular weight excluding hydrogens is 545 g/mol. The van der Waals surface area contributed by atoms with Gasteiger partial charge in [-0.3, -0.25) is 18.9 Å². The Bertz CT molecular complexity index is 1610. The molecule has 0 saturated carbocycles. The molecule has 4 aromatic rings. The van der Waals surface area contributed by atoms with Crippen molar-refractivity contribution in [2.45, 2.75) is 32.6 Å². The Hall–Kier alpha value is -4.22. The van der Waals surface area contributed by atoms with Crippen molar-refractivity contribution >= 4 is 23.1 Å². The zero-order valence-electron chi connectivity index (χ0n) is 23.7. The van der Waals surface area contributed by atoms with Crippen LogP contribution in [0.5, 0.6) is 0 Å². The molecule has 8 nitrogen and oxygen atoms in total. The largest absolute Gasteiger partial charge is 0.416 e. The standard InChI is InChI=1S/C31H33F3N6O2/c1-20-7-8-23(17-26(20)37-30(42)27-18-35-28-6-4-5-9-40(27)28)21(2)36-29(41)24-14-22(15-25(16-24)31(32,33)34)19-39-12-10-38(3)11-13-39/h4-9,14-18,21H,10-13,19H2,1-3H3,(H,36,41)(H,37,42)/t21-/m0/s1. The second-order valence-corrected chi connectivity index (χ2v) is 10.8. The maximum Gasteiger partial charge on any atom is 0.416 e. The van der Waals surface area contributed by atoms with E-state index in [1.54, 1.807) is 29.7 Å². The summed E-state index contributed by atoms with van der Waals surface area (Å²) < 4.78 is 42.9. The fourth-order valence-corrected chi connectivity index (χ4v) is 5.04. The van der Waals surface area contributed by atoms with Gasteiger partial charge < -0.3 is 15.5 Å². The van der Waals surface area contributed by atoms with E-state index in [0.717, 1.165) is 43.9 Å². The van der Waals surface area contributed by atoms with Crippen molar-refractivity contribution in [1.82, 2.24) is 24.5 Å². The summed E-state index contributed by atoms with van der Waals surface area (Å²) >= 11 is 0. The number of carbonyl (C=O) groups excluding carboxylic acids is 2. The lowest BCUT2D eigenvalue weighted by Crippen LogP contribution is -2.43. The highest BCUT2D eigenvalue weighted by molar-refractivity contribution is 6.04. The van der Waals surface area contributed by atoms with Gasteiger partial charge in [-0.15, -0.1) is 0 Å². The number of nitrogens with one attached hydrogen (secondary N) is 2. The van der Waals surface area contributed by atoms with Crippen LogP contribution in [0.4, 0.5) is 18.9 Å². The van der Waals surface area contributed by atoms with Gasteiger partial charge in [0.1, 0.15) is 11.3 Å². The van der Waals surface area contributed by atoms with Crippen LogP contribution in [0.1, 0.15) is 56.1 Å². The number of piperazine rings is 1. The number of pyridine rings is 1. The van der Waals surface area contributed by atoms with Crippen molar-refractivity contribution in [2.24, 2.45) is 0 Å². The minimum Gasteiger partial charge on any atom is -0.346 e. The van der Waals surface area contributed by atoms with Crippen molar-refractivity contribution in [3.63, 3.8) is 0 Å². The molecule has 0 spiro atoms. The molecule has 2 aromatic heterocycles. The first-order chi connectivity index (χ1) is 20.0. The fourth-order valence-electron chi connectivity index (χ4n) is 5.04. The highest BCUT2D eigenvalue weighted by Crippen LogP contribution is 2.31. The summed E-state index contributed by atoms with van der Waals surface area (Å²) in [6.45, 7) is 7.09. The number of aryl methyl sites for hydroxylation is 1. The number of amides is 2. The number of halogens is 3. The number of benzene rings is 2. The van der Waals surface area contributed by atoms with E-state index in [2.05, 4.69) is 25.4 Å². The summed E-state index contributed by atoms with van der Waals surface area (Å²) in [4.78, 5) is 34.8. The van der Waals surface area contributed by atoms with Gasteiger partial charge in [0.05, 0.1) is 17.8 Å². The Morgan fingerprint density at radius 1 is 1.00 bits per heavy atom. The highest BCUT2D eigenvalue weighted by Gasteiger charge is 2.32. The fraction of sp³-hybridized carbons (Fsp3) is 0.323. The lowest BCUT2D eigenvalue weighted by atomic mass is 10.0. The maximum absolute atomic E-state index is 13.8. The molecule has 3 heterocycles. The van der Waals surface area contributed by atoms with Crippen molar-refractivity contribution in [2.75, 3.05) is 38.5 Å². The molecule has 1 fully saturated rings. The minimum atomic E-state index is -4.58. The Kier molecular flexibility index (Phi) is 8.33. The lowest BCUT2D eigenvalue weighted by Gasteiger charge is -2.32. The average Bonchev–Trinajstić information content (AvgIpc) is 3.39. The van der Waals surface area contributed by atoms with Crippen LogP contribution in [0.3, 0.4) is 0 Å². The van der Waals surface area contributed by atoms with Gasteiger partial charge in [-0.25, -0.2) is 4.98 Å². The van der Waals surface area contributed by atoms with E-state index >= 15 is 0 Å². The molecule has 0 aliphatic carbocycles. The van der Waals surface area contributed by atoms with E-state index in [-0.39, 0.29) is 11.5 Å². The highest BCUT2D eigenvalue weighted by atomic mass is 19.4. The molecule has 220 valence electrons. The summed E-state index contributed by atoms with van der Waals surface area (Å²) in [7, 11) is 2.01. The molecule has 0 bridgehead atoms. The monoisotopic (exact) mass is 578 g/mol. The molecule has 11 heteroatoms. The molecule has 1 aliphatic heterocycles. The summed E-state index contributed by atoms with van der Waals surface area (Å²) in [6.07, 6.45) is -1.33. The second kappa shape index (κ2) is 11.9. The first kappa shape index (κ1) is 29.3. The van der Waals surface area contributed by atoms with Crippen molar-refractivity contribution < 1.29 is 22.8 Å². The van der Waals surface area contributed by atoms with E-state index in [1.165, 1.54) is 12.3 Å². The molecule has 1 aliphatic rings. The van der Waals surface area contributed by atoms with Gasteiger partial charge in [0.2, 0.25) is 0 Å². The normalized spacial score (nSPS) is 15.5. The van der Waals surface area contributed by atoms with Crippen LogP contribution < -0.4 is 10.6 Å². The number of rotatable bonds is 7. The zero-order valence-corrected chi connectivity index (χ0v) is 23.7. The van der Waals surface area contributed by atoms with Crippen LogP contribution in [-0.4, -0.2) is 64.2 Å². The summed E-state index contributed by atoms with van der Waals surface area (Å²) in [6, 6.07) is 13.8. The Morgan fingerprint density at radius 2 is 1.76 bits per heavy atom. The maximum atomic E-state index is 13.8. The molecule has 42 heavy (non-hydrogen) atoms. The first-order valence-corrected chi connectivity index (χ1v) is 13.7. The lowest BCUT2D eigenvalue weighted by molar-refractivity contribution is -0.137. The number of likely N-dealkylation sites (N-methyl/N-ethyl adjacent to an activating group) is 1. The molecule has 5 rings (SSSR count). The number of imidazole rings is 1. The SMILES string of the molecule is Cc1ccc([C@H](C)NC(=O)c2cc(CN3CCN(C)CC3)cc(C(F)(F)F)c2)cc1NC(=O)c1cnc2ccccn12. The van der Waals surface area contributed by atoms with Gasteiger partial charge in [0.15, 0.2) is 0 Å². The van der Waals surface area contributed by atoms with E-state index in [1.807, 2.05) is 38.2 Å². The van der Waals surface area contributed by atoms with Gasteiger partial charge >= 0.3 is 6.18 Å². The number of hydrogen-bond donors (Lipinski definition) is 2. The number of fused-ring (bicyclic) bond motifs is 1. The Labute approximate surface area is 242 Å². The third-order valence-electron chi connectivity index (χ3n) is 7.59. The summed E-state index contributed by atoms with van der Waals surface area (Å²) in [5.41, 5.74) is 2.61. The van der Waals surface area contributed by atoms with Gasteiger partial charge in [-0.1, -0.05) is 18.2 Å². The Balaban J connectivity index is 1.32. The number of anilines is 1. The van der Waals surface area contributed by atoms with Gasteiger partial charge in [0.25, 0.3) is 11.8 Å². The van der Waals surface area contributed by atoms with Crippen LogP contribution in [0, 0.1) is 6.92 Å². The summed E-state index contributed by atoms with van der Waals surface area (Å²) in [5, 5.41) is 5.74. The molecule has 0 unspecified atom stereocenters. The number of aromatic nitrogens is 2. The number of alkyl halides is 3. The van der Waals surface area contributed by atoms with E-state index in [0.29, 0.717) is 34.7 Å². The molecule has 0 radical (unpaired) electrons. The molecule has 1 saturated heterocycles. The topological polar surface area (TPSA) is 82.0 Å². The molecule has 2 amide bonds. The van der Waals surface area contributed by atoms with Crippen molar-refractivity contribution in [3.8, 4) is 0 Å². The Morgan fingerprint density at radius 3 is 2.50 bits per heavy atom. The number of carbonyl (C=O) groups is 2. The van der Waals surface area contributed by atoms with Crippen LogP contribution in [0.15, 0.2) is 67.0 Å². The first-order valence-electron chi connectivity index (χ1n) is 13.7. The van der Waals surface area contributed by atoms with Crippen molar-refractivity contribution in [1.29, 1.82) is 0 Å². The van der Waals surface area contributed by atoms with Gasteiger partial charge in [-0.2, -0.15) is 13.2 Å². The third-order valence-corrected chi connectivity index (χ3v) is 7.59. The van der Waals surface area contributed by atoms with Crippen LogP contribution >= 0.6 is 0 Å². The number of hydrogen-bond acceptors (Lipinski definition) is 5. The second-order valence-electron chi connectivity index (χ2n) is 10.8. The molecule has 2 aromatic carbocycles. The van der Waals surface area contributed by atoms with Crippen molar-refractivity contribution in [3.05, 3.63) is 101 Å². The van der Waals surface area contributed by atoms with Crippen LogP contribution in [-0.2, 0) is 12.7 Å². The van der Waals surface area contributed by atoms with E-state index in [4.69, 9.17) is 0 Å². The third kappa shape index (κ3) is 6.63. The van der Waals surface area contributed by atoms with Crippen LogP contribution in [0.25, 0.3) is 5.65 Å². The predicted octanol–water partition coefficient (Wildman–Crippen LogP) is 5.15. The summed E-state index contributed by atoms with van der Waals surface area (Å²) in [5.74, 6) is -0.951. The molecule has 1 atom stereocenters. The minimum absolute atomic E-state index is 0.0472. The zero-order chi connectivity index (χ0) is 30.0. The molecular formula is C31H33F3N6O2. The quantitative estimate of drug-likeness (QED) is 0.317. The predicted molar refractivity (Wildman–Crippen MR) is 154 cm³/mol. The van der Waals surface area contributed by atoms with E-state index < -0.39 is 23.7 Å². The van der Waals surface area contributed by atoms with Gasteiger partial charge in [-0.05, 0) is 74.0 Å². The smallest absolute Gasteiger partial charge is 0.346 e. The average molecular weight is 579 g/mol. The van der Waals surface area contributed by atoms with Crippen LogP contribution in [0.2, 0.25) is 0 Å². The van der Waals surface area contributed by atoms with Gasteiger partial charge in [0, 0.05) is 50.2 Å². The number of nitrogens with zero attached hydrogens (tertiary/aromatic N) is 4. The molecule has 2 N–H and O–H groups in total. The van der Waals surface area contributed by atoms with E-state index in [9.17, 15) is 22.8 Å².